The van der Waals surface area contributed by atoms with Crippen LogP contribution in [0.25, 0.3) is 0 Å². The molecule has 1 N–H and O–H groups in total. The molecule has 1 heteroatoms. The SMILES string of the molecule is CCNC(c1ccccc1)c1cc(C)cc(C)c1. The summed E-state index contributed by atoms with van der Waals surface area (Å²) in [7, 11) is 0. The Kier molecular flexibility index (Phi) is 4.16. The highest BCUT2D eigenvalue weighted by Gasteiger charge is 2.12. The molecule has 0 fully saturated rings. The third-order valence-electron chi connectivity index (χ3n) is 3.12. The van der Waals surface area contributed by atoms with Crippen molar-refractivity contribution in [2.75, 3.05) is 6.54 Å². The maximum absolute atomic E-state index is 3.57. The lowest BCUT2D eigenvalue weighted by Gasteiger charge is -2.20. The Morgan fingerprint density at radius 3 is 2.06 bits per heavy atom. The summed E-state index contributed by atoms with van der Waals surface area (Å²) in [5.74, 6) is 0. The van der Waals surface area contributed by atoms with Crippen molar-refractivity contribution in [1.82, 2.24) is 5.32 Å². The van der Waals surface area contributed by atoms with Crippen LogP contribution < -0.4 is 5.32 Å². The molecule has 18 heavy (non-hydrogen) atoms. The van der Waals surface area contributed by atoms with Crippen molar-refractivity contribution in [3.05, 3.63) is 70.8 Å². The molecular formula is C17H21N. The summed E-state index contributed by atoms with van der Waals surface area (Å²) in [6.07, 6.45) is 0. The minimum Gasteiger partial charge on any atom is -0.307 e. The molecule has 1 nitrogen and oxygen atoms in total. The van der Waals surface area contributed by atoms with Crippen LogP contribution in [0.15, 0.2) is 48.5 Å². The van der Waals surface area contributed by atoms with Crippen LogP contribution in [0.2, 0.25) is 0 Å². The monoisotopic (exact) mass is 239 g/mol. The maximum Gasteiger partial charge on any atom is 0.0576 e. The highest BCUT2D eigenvalue weighted by molar-refractivity contribution is 5.36. The predicted octanol–water partition coefficient (Wildman–Crippen LogP) is 4.00. The second-order valence-electron chi connectivity index (χ2n) is 4.82. The summed E-state index contributed by atoms with van der Waals surface area (Å²) < 4.78 is 0. The lowest BCUT2D eigenvalue weighted by atomic mass is 9.95. The third kappa shape index (κ3) is 2.99. The second-order valence-corrected chi connectivity index (χ2v) is 4.82. The molecule has 0 heterocycles. The van der Waals surface area contributed by atoms with E-state index in [0.717, 1.165) is 6.54 Å². The summed E-state index contributed by atoms with van der Waals surface area (Å²) in [6, 6.07) is 17.7. The van der Waals surface area contributed by atoms with Gasteiger partial charge in [0.2, 0.25) is 0 Å². The minimum atomic E-state index is 0.287. The average molecular weight is 239 g/mol. The van der Waals surface area contributed by atoms with Crippen LogP contribution >= 0.6 is 0 Å². The Balaban J connectivity index is 2.41. The van der Waals surface area contributed by atoms with E-state index in [-0.39, 0.29) is 6.04 Å². The molecule has 2 aromatic rings. The molecule has 0 saturated heterocycles. The molecule has 0 spiro atoms. The van der Waals surface area contributed by atoms with Gasteiger partial charge in [0.1, 0.15) is 0 Å². The van der Waals surface area contributed by atoms with E-state index < -0.39 is 0 Å². The van der Waals surface area contributed by atoms with E-state index in [2.05, 4.69) is 74.6 Å². The van der Waals surface area contributed by atoms with Crippen molar-refractivity contribution in [2.24, 2.45) is 0 Å². The van der Waals surface area contributed by atoms with Gasteiger partial charge < -0.3 is 5.32 Å². The number of benzene rings is 2. The van der Waals surface area contributed by atoms with Gasteiger partial charge in [-0.15, -0.1) is 0 Å². The number of hydrogen-bond acceptors (Lipinski definition) is 1. The van der Waals surface area contributed by atoms with Crippen molar-refractivity contribution in [2.45, 2.75) is 26.8 Å². The van der Waals surface area contributed by atoms with Crippen molar-refractivity contribution in [1.29, 1.82) is 0 Å². The first-order valence-corrected chi connectivity index (χ1v) is 6.57. The highest BCUT2D eigenvalue weighted by Crippen LogP contribution is 2.23. The van der Waals surface area contributed by atoms with Crippen LogP contribution in [0.4, 0.5) is 0 Å². The van der Waals surface area contributed by atoms with Gasteiger partial charge in [-0.1, -0.05) is 66.6 Å². The number of nitrogens with one attached hydrogen (secondary N) is 1. The predicted molar refractivity (Wildman–Crippen MR) is 77.9 cm³/mol. The van der Waals surface area contributed by atoms with Crippen molar-refractivity contribution < 1.29 is 0 Å². The van der Waals surface area contributed by atoms with E-state index in [0.29, 0.717) is 0 Å². The summed E-state index contributed by atoms with van der Waals surface area (Å²) in [5.41, 5.74) is 5.32. The quantitative estimate of drug-likeness (QED) is 0.850. The van der Waals surface area contributed by atoms with Crippen LogP contribution in [0.3, 0.4) is 0 Å². The molecular weight excluding hydrogens is 218 g/mol. The Labute approximate surface area is 110 Å². The molecule has 1 unspecified atom stereocenters. The number of hydrogen-bond donors (Lipinski definition) is 1. The topological polar surface area (TPSA) is 12.0 Å². The Bertz CT molecular complexity index is 482. The summed E-state index contributed by atoms with van der Waals surface area (Å²) in [6.45, 7) is 7.43. The number of aryl methyl sites for hydroxylation is 2. The van der Waals surface area contributed by atoms with Gasteiger partial charge >= 0.3 is 0 Å². The fourth-order valence-corrected chi connectivity index (χ4v) is 2.45. The van der Waals surface area contributed by atoms with Gasteiger partial charge in [0.15, 0.2) is 0 Å². The van der Waals surface area contributed by atoms with E-state index in [4.69, 9.17) is 0 Å². The first-order valence-electron chi connectivity index (χ1n) is 6.57. The van der Waals surface area contributed by atoms with Crippen LogP contribution in [-0.4, -0.2) is 6.54 Å². The average Bonchev–Trinajstić information content (AvgIpc) is 2.36. The third-order valence-corrected chi connectivity index (χ3v) is 3.12. The summed E-state index contributed by atoms with van der Waals surface area (Å²) in [5, 5.41) is 3.57. The molecule has 94 valence electrons. The van der Waals surface area contributed by atoms with E-state index >= 15 is 0 Å². The molecule has 0 radical (unpaired) electrons. The molecule has 0 aliphatic carbocycles. The van der Waals surface area contributed by atoms with Crippen molar-refractivity contribution in [3.8, 4) is 0 Å². The van der Waals surface area contributed by atoms with Gasteiger partial charge in [-0.05, 0) is 31.5 Å². The standard InChI is InChI=1S/C17H21N/c1-4-18-17(15-8-6-5-7-9-15)16-11-13(2)10-14(3)12-16/h5-12,17-18H,4H2,1-3H3. The first kappa shape index (κ1) is 12.8. The maximum atomic E-state index is 3.57. The highest BCUT2D eigenvalue weighted by atomic mass is 14.9. The molecule has 2 rings (SSSR count). The Morgan fingerprint density at radius 2 is 1.50 bits per heavy atom. The van der Waals surface area contributed by atoms with Crippen molar-refractivity contribution in [3.63, 3.8) is 0 Å². The van der Waals surface area contributed by atoms with Crippen molar-refractivity contribution >= 4 is 0 Å². The van der Waals surface area contributed by atoms with Gasteiger partial charge in [-0.2, -0.15) is 0 Å². The van der Waals surface area contributed by atoms with Gasteiger partial charge in [-0.25, -0.2) is 0 Å². The molecule has 1 atom stereocenters. The number of rotatable bonds is 4. The minimum absolute atomic E-state index is 0.287. The van der Waals surface area contributed by atoms with Gasteiger partial charge in [0.05, 0.1) is 6.04 Å². The van der Waals surface area contributed by atoms with Gasteiger partial charge in [0.25, 0.3) is 0 Å². The fraction of sp³-hybridized carbons (Fsp3) is 0.294. The molecule has 2 aromatic carbocycles. The Morgan fingerprint density at radius 1 is 0.889 bits per heavy atom. The van der Waals surface area contributed by atoms with Crippen LogP contribution in [0.5, 0.6) is 0 Å². The fourth-order valence-electron chi connectivity index (χ4n) is 2.45. The first-order chi connectivity index (χ1) is 8.70. The zero-order valence-corrected chi connectivity index (χ0v) is 11.4. The van der Waals surface area contributed by atoms with E-state index in [1.807, 2.05) is 0 Å². The lowest BCUT2D eigenvalue weighted by Crippen LogP contribution is -2.22. The Hall–Kier alpha value is -1.60. The molecule has 0 saturated carbocycles. The zero-order chi connectivity index (χ0) is 13.0. The lowest BCUT2D eigenvalue weighted by molar-refractivity contribution is 0.630. The second kappa shape index (κ2) is 5.83. The molecule has 0 aromatic heterocycles. The zero-order valence-electron chi connectivity index (χ0n) is 11.4. The molecule has 0 bridgehead atoms. The largest absolute Gasteiger partial charge is 0.307 e. The van der Waals surface area contributed by atoms with Crippen LogP contribution in [0, 0.1) is 13.8 Å². The molecule has 0 amide bonds. The van der Waals surface area contributed by atoms with Gasteiger partial charge in [0, 0.05) is 0 Å². The summed E-state index contributed by atoms with van der Waals surface area (Å²) in [4.78, 5) is 0. The van der Waals surface area contributed by atoms with E-state index in [9.17, 15) is 0 Å². The van der Waals surface area contributed by atoms with Crippen LogP contribution in [0.1, 0.15) is 35.2 Å². The summed E-state index contributed by atoms with van der Waals surface area (Å²) >= 11 is 0. The van der Waals surface area contributed by atoms with Gasteiger partial charge in [-0.3, -0.25) is 0 Å². The van der Waals surface area contributed by atoms with E-state index in [1.54, 1.807) is 0 Å². The van der Waals surface area contributed by atoms with E-state index in [1.165, 1.54) is 22.3 Å². The molecule has 0 aliphatic heterocycles. The smallest absolute Gasteiger partial charge is 0.0576 e. The van der Waals surface area contributed by atoms with Crippen LogP contribution in [-0.2, 0) is 0 Å². The normalized spacial score (nSPS) is 12.4. The molecule has 0 aliphatic rings.